The largest absolute Gasteiger partial charge is 0.494 e. The van der Waals surface area contributed by atoms with Gasteiger partial charge in [-0.2, -0.15) is 0 Å². The number of esters is 1. The average Bonchev–Trinajstić information content (AvgIpc) is 2.63. The van der Waals surface area contributed by atoms with Gasteiger partial charge in [-0.3, -0.25) is 9.78 Å². The zero-order chi connectivity index (χ0) is 18.9. The number of fused-ring (bicyclic) bond motifs is 1. The number of carboxylic acid groups (broad SMARTS) is 1. The van der Waals surface area contributed by atoms with E-state index in [0.29, 0.717) is 35.5 Å². The Hall–Kier alpha value is -2.83. The third-order valence-corrected chi connectivity index (χ3v) is 3.94. The summed E-state index contributed by atoms with van der Waals surface area (Å²) < 4.78 is 10.5. The van der Waals surface area contributed by atoms with Crippen LogP contribution in [0.1, 0.15) is 43.0 Å². The lowest BCUT2D eigenvalue weighted by molar-refractivity contribution is -0.137. The Bertz CT molecular complexity index is 776. The molecule has 0 aliphatic heterocycles. The molecule has 1 aromatic heterocycles. The lowest BCUT2D eigenvalue weighted by Gasteiger charge is -2.15. The average molecular weight is 360 g/mol. The summed E-state index contributed by atoms with van der Waals surface area (Å²) in [5.41, 5.74) is 1.69. The molecule has 0 saturated carbocycles. The third kappa shape index (κ3) is 4.84. The number of nitrogens with zero attached hydrogens (tertiary/aromatic N) is 1. The van der Waals surface area contributed by atoms with E-state index in [-0.39, 0.29) is 13.0 Å². The predicted octanol–water partition coefficient (Wildman–Crippen LogP) is 3.48. The minimum atomic E-state index is -0.783. The van der Waals surface area contributed by atoms with Gasteiger partial charge >= 0.3 is 11.9 Å². The van der Waals surface area contributed by atoms with Crippen LogP contribution in [0.15, 0.2) is 24.4 Å². The molecule has 140 valence electrons. The number of carboxylic acids is 1. The normalized spacial score (nSPS) is 10.5. The number of carbonyl (C=O) groups is 2. The highest BCUT2D eigenvalue weighted by atomic mass is 16.5. The maximum atomic E-state index is 12.3. The van der Waals surface area contributed by atoms with Gasteiger partial charge in [-0.1, -0.05) is 18.6 Å². The summed E-state index contributed by atoms with van der Waals surface area (Å²) in [7, 11) is 1.57. The molecule has 0 aliphatic carbocycles. The van der Waals surface area contributed by atoms with Crippen LogP contribution >= 0.6 is 0 Å². The summed E-state index contributed by atoms with van der Waals surface area (Å²) in [5, 5.41) is 12.7. The molecular weight excluding hydrogens is 336 g/mol. The fraction of sp³-hybridized carbons (Fsp3) is 0.421. The molecule has 1 heterocycles. The molecule has 26 heavy (non-hydrogen) atoms. The minimum absolute atomic E-state index is 0.170. The first-order valence-electron chi connectivity index (χ1n) is 8.67. The molecule has 0 unspecified atom stereocenters. The van der Waals surface area contributed by atoms with E-state index in [1.54, 1.807) is 14.0 Å². The lowest BCUT2D eigenvalue weighted by Crippen LogP contribution is -2.12. The van der Waals surface area contributed by atoms with Crippen LogP contribution in [0.25, 0.3) is 10.9 Å². The highest BCUT2D eigenvalue weighted by molar-refractivity contribution is 6.06. The molecule has 0 spiro atoms. The van der Waals surface area contributed by atoms with Crippen molar-refractivity contribution in [1.29, 1.82) is 0 Å². The van der Waals surface area contributed by atoms with Gasteiger partial charge in [-0.15, -0.1) is 0 Å². The number of unbranched alkanes of at least 4 members (excludes halogenated alkanes) is 2. The standard InChI is InChI=1S/C19H24N2O5/c1-3-26-19(24)14-12-21-18-13(8-7-9-15(18)25-2)17(14)20-11-6-4-5-10-16(22)23/h7-9,12H,3-6,10-11H2,1-2H3,(H,20,21)(H,22,23). The molecule has 7 nitrogen and oxygen atoms in total. The summed E-state index contributed by atoms with van der Waals surface area (Å²) >= 11 is 0. The molecule has 0 radical (unpaired) electrons. The van der Waals surface area contributed by atoms with Gasteiger partial charge in [0.25, 0.3) is 0 Å². The van der Waals surface area contributed by atoms with Crippen LogP contribution in [-0.2, 0) is 9.53 Å². The van der Waals surface area contributed by atoms with Crippen molar-refractivity contribution in [2.45, 2.75) is 32.6 Å². The number of benzene rings is 1. The number of hydrogen-bond acceptors (Lipinski definition) is 6. The second-order valence-corrected chi connectivity index (χ2v) is 5.75. The molecule has 0 aliphatic rings. The van der Waals surface area contributed by atoms with Crippen molar-refractivity contribution in [3.05, 3.63) is 30.0 Å². The maximum Gasteiger partial charge on any atom is 0.341 e. The first-order chi connectivity index (χ1) is 12.6. The van der Waals surface area contributed by atoms with Gasteiger partial charge in [0.15, 0.2) is 0 Å². The van der Waals surface area contributed by atoms with Crippen LogP contribution < -0.4 is 10.1 Å². The first-order valence-corrected chi connectivity index (χ1v) is 8.67. The topological polar surface area (TPSA) is 97.8 Å². The molecular formula is C19H24N2O5. The fourth-order valence-corrected chi connectivity index (χ4v) is 2.71. The van der Waals surface area contributed by atoms with E-state index in [1.807, 2.05) is 18.2 Å². The number of pyridine rings is 1. The quantitative estimate of drug-likeness (QED) is 0.494. The second-order valence-electron chi connectivity index (χ2n) is 5.75. The molecule has 0 amide bonds. The molecule has 2 N–H and O–H groups in total. The Morgan fingerprint density at radius 1 is 1.23 bits per heavy atom. The summed E-state index contributed by atoms with van der Waals surface area (Å²) in [6.07, 6.45) is 3.88. The lowest BCUT2D eigenvalue weighted by atomic mass is 10.1. The number of methoxy groups -OCH3 is 1. The SMILES string of the molecule is CCOC(=O)c1cnc2c(OC)cccc2c1NCCCCCC(=O)O. The van der Waals surface area contributed by atoms with Crippen molar-refractivity contribution in [3.8, 4) is 5.75 Å². The summed E-state index contributed by atoms with van der Waals surface area (Å²) in [6, 6.07) is 5.53. The Morgan fingerprint density at radius 2 is 2.04 bits per heavy atom. The van der Waals surface area contributed by atoms with E-state index >= 15 is 0 Å². The molecule has 0 fully saturated rings. The summed E-state index contributed by atoms with van der Waals surface area (Å²) in [6.45, 7) is 2.65. The van der Waals surface area contributed by atoms with Crippen LogP contribution in [0.4, 0.5) is 5.69 Å². The van der Waals surface area contributed by atoms with Crippen molar-refractivity contribution in [3.63, 3.8) is 0 Å². The predicted molar refractivity (Wildman–Crippen MR) is 98.8 cm³/mol. The Morgan fingerprint density at radius 3 is 2.73 bits per heavy atom. The number of anilines is 1. The number of nitrogens with one attached hydrogen (secondary N) is 1. The molecule has 0 atom stereocenters. The number of aromatic nitrogens is 1. The monoisotopic (exact) mass is 360 g/mol. The smallest absolute Gasteiger partial charge is 0.341 e. The maximum absolute atomic E-state index is 12.3. The third-order valence-electron chi connectivity index (χ3n) is 3.94. The Balaban J connectivity index is 2.23. The molecule has 1 aromatic carbocycles. The van der Waals surface area contributed by atoms with Crippen LogP contribution in [0, 0.1) is 0 Å². The number of para-hydroxylation sites is 1. The second kappa shape index (κ2) is 9.60. The van der Waals surface area contributed by atoms with Crippen molar-refractivity contribution in [1.82, 2.24) is 4.98 Å². The van der Waals surface area contributed by atoms with E-state index in [4.69, 9.17) is 14.6 Å². The van der Waals surface area contributed by atoms with Crippen LogP contribution in [0.3, 0.4) is 0 Å². The van der Waals surface area contributed by atoms with Gasteiger partial charge in [0, 0.05) is 24.5 Å². The van der Waals surface area contributed by atoms with Gasteiger partial charge in [0.2, 0.25) is 0 Å². The summed E-state index contributed by atoms with van der Waals surface area (Å²) in [5.74, 6) is -0.588. The molecule has 0 saturated heterocycles. The van der Waals surface area contributed by atoms with Gasteiger partial charge < -0.3 is 19.9 Å². The van der Waals surface area contributed by atoms with Crippen molar-refractivity contribution in [2.75, 3.05) is 25.6 Å². The molecule has 7 heteroatoms. The van der Waals surface area contributed by atoms with Gasteiger partial charge in [-0.05, 0) is 25.8 Å². The van der Waals surface area contributed by atoms with Crippen LogP contribution in [-0.4, -0.2) is 42.3 Å². The highest BCUT2D eigenvalue weighted by Crippen LogP contribution is 2.32. The van der Waals surface area contributed by atoms with Crippen molar-refractivity contribution >= 4 is 28.5 Å². The number of ether oxygens (including phenoxy) is 2. The fourth-order valence-electron chi connectivity index (χ4n) is 2.71. The van der Waals surface area contributed by atoms with E-state index < -0.39 is 11.9 Å². The number of rotatable bonds is 10. The Labute approximate surface area is 152 Å². The van der Waals surface area contributed by atoms with E-state index in [9.17, 15) is 9.59 Å². The zero-order valence-corrected chi connectivity index (χ0v) is 15.1. The van der Waals surface area contributed by atoms with E-state index in [0.717, 1.165) is 18.2 Å². The zero-order valence-electron chi connectivity index (χ0n) is 15.1. The van der Waals surface area contributed by atoms with Gasteiger partial charge in [0.1, 0.15) is 16.8 Å². The van der Waals surface area contributed by atoms with Gasteiger partial charge in [0.05, 0.1) is 19.4 Å². The van der Waals surface area contributed by atoms with Crippen molar-refractivity contribution in [2.24, 2.45) is 0 Å². The highest BCUT2D eigenvalue weighted by Gasteiger charge is 2.18. The van der Waals surface area contributed by atoms with Crippen molar-refractivity contribution < 1.29 is 24.2 Å². The summed E-state index contributed by atoms with van der Waals surface area (Å²) in [4.78, 5) is 27.2. The van der Waals surface area contributed by atoms with Gasteiger partial charge in [-0.25, -0.2) is 4.79 Å². The van der Waals surface area contributed by atoms with E-state index in [1.165, 1.54) is 6.20 Å². The van der Waals surface area contributed by atoms with E-state index in [2.05, 4.69) is 10.3 Å². The molecule has 2 rings (SSSR count). The number of aliphatic carboxylic acids is 1. The van der Waals surface area contributed by atoms with Crippen LogP contribution in [0.2, 0.25) is 0 Å². The van der Waals surface area contributed by atoms with Crippen LogP contribution in [0.5, 0.6) is 5.75 Å². The first kappa shape index (κ1) is 19.5. The number of hydrogen-bond donors (Lipinski definition) is 2. The Kier molecular flexibility index (Phi) is 7.20. The minimum Gasteiger partial charge on any atom is -0.494 e. The molecule has 2 aromatic rings. The molecule has 0 bridgehead atoms. The number of carbonyl (C=O) groups excluding carboxylic acids is 1.